The van der Waals surface area contributed by atoms with Crippen LogP contribution in [0.4, 0.5) is 0 Å². The summed E-state index contributed by atoms with van der Waals surface area (Å²) in [5.41, 5.74) is 4.94. The minimum Gasteiger partial charge on any atom is -0.356 e. The molecule has 7 heteroatoms. The number of benzene rings is 2. The van der Waals surface area contributed by atoms with Crippen LogP contribution in [0.5, 0.6) is 0 Å². The Bertz CT molecular complexity index is 1200. The van der Waals surface area contributed by atoms with Crippen molar-refractivity contribution in [2.45, 2.75) is 19.4 Å². The van der Waals surface area contributed by atoms with Crippen molar-refractivity contribution in [3.63, 3.8) is 0 Å². The molecule has 1 aliphatic rings. The average molecular weight is 409 g/mol. The highest BCUT2D eigenvalue weighted by atomic mass is 35.5. The number of halogens is 1. The van der Waals surface area contributed by atoms with Crippen molar-refractivity contribution in [3.8, 4) is 0 Å². The molecule has 0 unspecified atom stereocenters. The van der Waals surface area contributed by atoms with E-state index in [9.17, 15) is 4.79 Å². The molecule has 1 N–H and O–H groups in total. The first-order chi connectivity index (χ1) is 13.6. The number of nitrogens with zero attached hydrogens (tertiary/aromatic N) is 3. The molecule has 0 bridgehead atoms. The minimum atomic E-state index is -0.279. The fourth-order valence-electron chi connectivity index (χ4n) is 4.04. The molecule has 0 saturated heterocycles. The Labute approximate surface area is 171 Å². The number of hydrogen-bond acceptors (Lipinski definition) is 4. The summed E-state index contributed by atoms with van der Waals surface area (Å²) < 4.78 is 3.94. The molecular formula is C21H17ClN4OS. The monoisotopic (exact) mass is 408 g/mol. The number of fused-ring (bicyclic) bond motifs is 3. The number of nitrogens with one attached hydrogen (secondary N) is 1. The number of aromatic nitrogens is 3. The smallest absolute Gasteiger partial charge is 0.268 e. The van der Waals surface area contributed by atoms with Crippen LogP contribution in [0.1, 0.15) is 38.2 Å². The van der Waals surface area contributed by atoms with Gasteiger partial charge in [-0.2, -0.15) is 0 Å². The summed E-state index contributed by atoms with van der Waals surface area (Å²) in [6.07, 6.45) is 0.789. The summed E-state index contributed by atoms with van der Waals surface area (Å²) in [6.45, 7) is 2.43. The van der Waals surface area contributed by atoms with Gasteiger partial charge < -0.3 is 9.88 Å². The van der Waals surface area contributed by atoms with Gasteiger partial charge >= 0.3 is 0 Å². The normalized spacial score (nSPS) is 16.4. The number of para-hydroxylation sites is 1. The fraction of sp³-hybridized carbons (Fsp3) is 0.190. The molecule has 4 aromatic rings. The molecule has 0 aliphatic carbocycles. The predicted octanol–water partition coefficient (Wildman–Crippen LogP) is 4.77. The fourth-order valence-corrected chi connectivity index (χ4v) is 4.89. The summed E-state index contributed by atoms with van der Waals surface area (Å²) >= 11 is 7.72. The maximum absolute atomic E-state index is 13.4. The lowest BCUT2D eigenvalue weighted by atomic mass is 9.92. The van der Waals surface area contributed by atoms with E-state index in [4.69, 9.17) is 11.6 Å². The quantitative estimate of drug-likeness (QED) is 0.519. The molecule has 0 spiro atoms. The summed E-state index contributed by atoms with van der Waals surface area (Å²) in [5, 5.41) is 5.87. The second-order valence-electron chi connectivity index (χ2n) is 6.92. The lowest BCUT2D eigenvalue weighted by Crippen LogP contribution is -2.40. The number of aromatic amines is 1. The first kappa shape index (κ1) is 17.4. The van der Waals surface area contributed by atoms with Gasteiger partial charge in [-0.1, -0.05) is 52.5 Å². The molecule has 5 nitrogen and oxygen atoms in total. The van der Waals surface area contributed by atoms with Crippen LogP contribution in [0.3, 0.4) is 0 Å². The molecule has 0 fully saturated rings. The van der Waals surface area contributed by atoms with Crippen molar-refractivity contribution in [2.75, 3.05) is 6.54 Å². The van der Waals surface area contributed by atoms with E-state index in [0.29, 0.717) is 22.1 Å². The molecule has 1 amide bonds. The Morgan fingerprint density at radius 2 is 2.00 bits per heavy atom. The zero-order chi connectivity index (χ0) is 19.3. The van der Waals surface area contributed by atoms with Crippen LogP contribution in [0.2, 0.25) is 5.02 Å². The maximum atomic E-state index is 13.4. The molecule has 28 heavy (non-hydrogen) atoms. The number of rotatable bonds is 2. The molecule has 0 radical (unpaired) electrons. The third-order valence-electron chi connectivity index (χ3n) is 5.34. The van der Waals surface area contributed by atoms with Crippen LogP contribution in [-0.4, -0.2) is 31.9 Å². The number of amides is 1. The van der Waals surface area contributed by atoms with Crippen molar-refractivity contribution in [1.29, 1.82) is 0 Å². The van der Waals surface area contributed by atoms with Crippen LogP contribution >= 0.6 is 23.1 Å². The zero-order valence-corrected chi connectivity index (χ0v) is 16.7. The van der Waals surface area contributed by atoms with Crippen molar-refractivity contribution in [2.24, 2.45) is 0 Å². The van der Waals surface area contributed by atoms with Gasteiger partial charge in [0.25, 0.3) is 5.91 Å². The van der Waals surface area contributed by atoms with E-state index in [1.807, 2.05) is 48.2 Å². The zero-order valence-electron chi connectivity index (χ0n) is 15.1. The van der Waals surface area contributed by atoms with Gasteiger partial charge in [-0.05, 0) is 48.1 Å². The van der Waals surface area contributed by atoms with Gasteiger partial charge in [-0.25, -0.2) is 0 Å². The van der Waals surface area contributed by atoms with Gasteiger partial charge in [0, 0.05) is 28.2 Å². The van der Waals surface area contributed by atoms with Gasteiger partial charge in [-0.15, -0.1) is 5.10 Å². The van der Waals surface area contributed by atoms with E-state index in [1.165, 1.54) is 10.9 Å². The summed E-state index contributed by atoms with van der Waals surface area (Å²) in [7, 11) is 0. The number of carbonyl (C=O) groups is 1. The summed E-state index contributed by atoms with van der Waals surface area (Å²) in [5.74, 6) is -0.0540. The van der Waals surface area contributed by atoms with E-state index in [2.05, 4.69) is 26.7 Å². The van der Waals surface area contributed by atoms with Crippen LogP contribution in [0, 0.1) is 6.92 Å². The molecule has 2 aromatic heterocycles. The molecule has 1 aliphatic heterocycles. The molecular weight excluding hydrogens is 392 g/mol. The van der Waals surface area contributed by atoms with Crippen LogP contribution in [0.25, 0.3) is 10.9 Å². The third kappa shape index (κ3) is 2.64. The van der Waals surface area contributed by atoms with E-state index >= 15 is 0 Å². The summed E-state index contributed by atoms with van der Waals surface area (Å²) in [6, 6.07) is 15.7. The Kier molecular flexibility index (Phi) is 4.18. The lowest BCUT2D eigenvalue weighted by molar-refractivity contribution is 0.0696. The number of carbonyl (C=O) groups excluding carboxylic acids is 1. The Morgan fingerprint density at radius 3 is 2.79 bits per heavy atom. The third-order valence-corrected chi connectivity index (χ3v) is 6.50. The molecule has 3 heterocycles. The average Bonchev–Trinajstić information content (AvgIpc) is 3.30. The number of hydrogen-bond donors (Lipinski definition) is 1. The van der Waals surface area contributed by atoms with Crippen molar-refractivity contribution in [3.05, 3.63) is 80.9 Å². The summed E-state index contributed by atoms with van der Waals surface area (Å²) in [4.78, 5) is 19.4. The first-order valence-electron chi connectivity index (χ1n) is 9.09. The Morgan fingerprint density at radius 1 is 1.21 bits per heavy atom. The standard InChI is InChI=1S/C21H17ClN4OS/c1-12-20(28-25-24-12)21(27)26-11-10-14-13-6-3-5-9-17(13)23-18(14)19(26)15-7-2-4-8-16(15)22/h2-9,19,23H,10-11H2,1H3/t19-/m1/s1. The first-order valence-corrected chi connectivity index (χ1v) is 10.2. The Balaban J connectivity index is 1.71. The second kappa shape index (κ2) is 6.72. The van der Waals surface area contributed by atoms with Gasteiger partial charge in [0.15, 0.2) is 0 Å². The molecule has 1 atom stereocenters. The van der Waals surface area contributed by atoms with Gasteiger partial charge in [0.05, 0.1) is 11.7 Å². The van der Waals surface area contributed by atoms with Gasteiger partial charge in [0.2, 0.25) is 0 Å². The SMILES string of the molecule is Cc1nnsc1C(=O)N1CCc2c([nH]c3ccccc23)[C@H]1c1ccccc1Cl. The second-order valence-corrected chi connectivity index (χ2v) is 8.08. The van der Waals surface area contributed by atoms with Crippen LogP contribution < -0.4 is 0 Å². The van der Waals surface area contributed by atoms with E-state index in [-0.39, 0.29) is 11.9 Å². The van der Waals surface area contributed by atoms with Gasteiger partial charge in [-0.3, -0.25) is 4.79 Å². The van der Waals surface area contributed by atoms with E-state index in [1.54, 1.807) is 0 Å². The predicted molar refractivity (Wildman–Crippen MR) is 111 cm³/mol. The largest absolute Gasteiger partial charge is 0.356 e. The maximum Gasteiger partial charge on any atom is 0.268 e. The van der Waals surface area contributed by atoms with Crippen molar-refractivity contribution >= 4 is 39.9 Å². The number of H-pyrrole nitrogens is 1. The van der Waals surface area contributed by atoms with Crippen LogP contribution in [-0.2, 0) is 6.42 Å². The topological polar surface area (TPSA) is 61.9 Å². The molecule has 5 rings (SSSR count). The molecule has 140 valence electrons. The van der Waals surface area contributed by atoms with E-state index < -0.39 is 0 Å². The highest BCUT2D eigenvalue weighted by molar-refractivity contribution is 7.07. The van der Waals surface area contributed by atoms with Crippen molar-refractivity contribution < 1.29 is 4.79 Å². The molecule has 2 aromatic carbocycles. The molecule has 0 saturated carbocycles. The van der Waals surface area contributed by atoms with E-state index in [0.717, 1.165) is 34.7 Å². The highest BCUT2D eigenvalue weighted by Gasteiger charge is 2.37. The number of aryl methyl sites for hydroxylation is 1. The lowest BCUT2D eigenvalue weighted by Gasteiger charge is -2.36. The highest BCUT2D eigenvalue weighted by Crippen LogP contribution is 2.41. The minimum absolute atomic E-state index is 0.0540. The van der Waals surface area contributed by atoms with Crippen molar-refractivity contribution in [1.82, 2.24) is 19.5 Å². The van der Waals surface area contributed by atoms with Crippen LogP contribution in [0.15, 0.2) is 48.5 Å². The van der Waals surface area contributed by atoms with Gasteiger partial charge in [0.1, 0.15) is 4.88 Å². The Hall–Kier alpha value is -2.70.